The summed E-state index contributed by atoms with van der Waals surface area (Å²) >= 11 is 0. The van der Waals surface area contributed by atoms with Crippen molar-refractivity contribution in [3.8, 4) is 11.8 Å². The molecule has 2 N–H and O–H groups in total. The molecule has 1 rings (SSSR count). The Bertz CT molecular complexity index is 565. The maximum atomic E-state index is 12.4. The molecular formula is C13H13F3N2O3. The standard InChI is InChI=1S/C13H13F3N2O3/c1-2-20-12(19)5-9-3-8(6-17)4-11(10(9)7-18)21-13(14,15)16/h3-4H,2,5,7,18H2,1H3. The fourth-order valence-electron chi connectivity index (χ4n) is 1.74. The van der Waals surface area contributed by atoms with E-state index in [9.17, 15) is 18.0 Å². The Balaban J connectivity index is 3.25. The summed E-state index contributed by atoms with van der Waals surface area (Å²) in [7, 11) is 0. The Morgan fingerprint density at radius 2 is 2.10 bits per heavy atom. The van der Waals surface area contributed by atoms with Crippen LogP contribution in [0.15, 0.2) is 12.1 Å². The van der Waals surface area contributed by atoms with Crippen LogP contribution in [0, 0.1) is 11.3 Å². The van der Waals surface area contributed by atoms with Crippen LogP contribution in [-0.2, 0) is 22.5 Å². The van der Waals surface area contributed by atoms with Crippen molar-refractivity contribution in [2.45, 2.75) is 26.3 Å². The predicted octanol–water partition coefficient (Wildman–Crippen LogP) is 2.02. The first-order chi connectivity index (χ1) is 9.80. The molecule has 5 nitrogen and oxygen atoms in total. The molecule has 0 fully saturated rings. The van der Waals surface area contributed by atoms with Crippen molar-refractivity contribution < 1.29 is 27.4 Å². The third-order valence-corrected chi connectivity index (χ3v) is 2.50. The molecule has 0 spiro atoms. The second-order valence-electron chi connectivity index (χ2n) is 3.96. The molecule has 0 aliphatic carbocycles. The van der Waals surface area contributed by atoms with Crippen LogP contribution in [0.3, 0.4) is 0 Å². The van der Waals surface area contributed by atoms with E-state index in [2.05, 4.69) is 4.74 Å². The third kappa shape index (κ3) is 4.96. The minimum atomic E-state index is -4.92. The lowest BCUT2D eigenvalue weighted by Crippen LogP contribution is -2.20. The molecule has 0 saturated carbocycles. The van der Waals surface area contributed by atoms with Gasteiger partial charge in [0, 0.05) is 12.1 Å². The molecule has 0 atom stereocenters. The minimum absolute atomic E-state index is 0.0133. The van der Waals surface area contributed by atoms with Gasteiger partial charge in [-0.3, -0.25) is 4.79 Å². The lowest BCUT2D eigenvalue weighted by Gasteiger charge is -2.16. The number of esters is 1. The van der Waals surface area contributed by atoms with Gasteiger partial charge >= 0.3 is 12.3 Å². The van der Waals surface area contributed by atoms with E-state index in [0.717, 1.165) is 6.07 Å². The number of carbonyl (C=O) groups is 1. The summed E-state index contributed by atoms with van der Waals surface area (Å²) in [5, 5.41) is 8.85. The molecule has 0 amide bonds. The number of hydrogen-bond donors (Lipinski definition) is 1. The second kappa shape index (κ2) is 6.95. The molecule has 114 valence electrons. The fraction of sp³-hybridized carbons (Fsp3) is 0.385. The molecule has 0 heterocycles. The Morgan fingerprint density at radius 1 is 1.43 bits per heavy atom. The van der Waals surface area contributed by atoms with E-state index < -0.39 is 18.1 Å². The van der Waals surface area contributed by atoms with Crippen LogP contribution in [-0.4, -0.2) is 18.9 Å². The van der Waals surface area contributed by atoms with Crippen LogP contribution in [0.1, 0.15) is 23.6 Å². The third-order valence-electron chi connectivity index (χ3n) is 2.50. The molecule has 0 aliphatic heterocycles. The van der Waals surface area contributed by atoms with Crippen molar-refractivity contribution in [3.63, 3.8) is 0 Å². The highest BCUT2D eigenvalue weighted by Gasteiger charge is 2.32. The van der Waals surface area contributed by atoms with Crippen LogP contribution in [0.5, 0.6) is 5.75 Å². The average Bonchev–Trinajstić information content (AvgIpc) is 2.36. The summed E-state index contributed by atoms with van der Waals surface area (Å²) in [6.07, 6.45) is -5.21. The largest absolute Gasteiger partial charge is 0.573 e. The Labute approximate surface area is 119 Å². The Kier molecular flexibility index (Phi) is 5.55. The number of nitrogens with two attached hydrogens (primary N) is 1. The van der Waals surface area contributed by atoms with Gasteiger partial charge in [-0.2, -0.15) is 5.26 Å². The van der Waals surface area contributed by atoms with Gasteiger partial charge in [0.15, 0.2) is 0 Å². The number of ether oxygens (including phenoxy) is 2. The van der Waals surface area contributed by atoms with E-state index in [4.69, 9.17) is 15.7 Å². The van der Waals surface area contributed by atoms with Gasteiger partial charge in [0.25, 0.3) is 0 Å². The maximum absolute atomic E-state index is 12.4. The maximum Gasteiger partial charge on any atom is 0.573 e. The molecule has 8 heteroatoms. The van der Waals surface area contributed by atoms with Gasteiger partial charge < -0.3 is 15.2 Å². The van der Waals surface area contributed by atoms with Crippen molar-refractivity contribution in [3.05, 3.63) is 28.8 Å². The molecule has 1 aromatic carbocycles. The van der Waals surface area contributed by atoms with E-state index in [1.165, 1.54) is 6.07 Å². The van der Waals surface area contributed by atoms with Gasteiger partial charge in [-0.25, -0.2) is 0 Å². The molecule has 0 aromatic heterocycles. The zero-order valence-corrected chi connectivity index (χ0v) is 11.2. The van der Waals surface area contributed by atoms with Crippen LogP contribution in [0.25, 0.3) is 0 Å². The first-order valence-corrected chi connectivity index (χ1v) is 5.98. The SMILES string of the molecule is CCOC(=O)Cc1cc(C#N)cc(OC(F)(F)F)c1CN. The number of nitriles is 1. The molecule has 0 unspecified atom stereocenters. The molecule has 1 aromatic rings. The summed E-state index contributed by atoms with van der Waals surface area (Å²) in [4.78, 5) is 11.5. The van der Waals surface area contributed by atoms with Crippen molar-refractivity contribution in [1.29, 1.82) is 5.26 Å². The quantitative estimate of drug-likeness (QED) is 0.841. The highest BCUT2D eigenvalue weighted by Crippen LogP contribution is 2.30. The summed E-state index contributed by atoms with van der Waals surface area (Å²) in [5.74, 6) is -1.21. The summed E-state index contributed by atoms with van der Waals surface area (Å²) in [6.45, 7) is 1.47. The van der Waals surface area contributed by atoms with Gasteiger partial charge in [-0.1, -0.05) is 0 Å². The number of carbonyl (C=O) groups excluding carboxylic acids is 1. The van der Waals surface area contributed by atoms with Crippen molar-refractivity contribution >= 4 is 5.97 Å². The summed E-state index contributed by atoms with van der Waals surface area (Å²) < 4.78 is 45.7. The number of rotatable bonds is 5. The lowest BCUT2D eigenvalue weighted by molar-refractivity contribution is -0.274. The highest BCUT2D eigenvalue weighted by molar-refractivity contribution is 5.73. The smallest absolute Gasteiger partial charge is 0.466 e. The van der Waals surface area contributed by atoms with E-state index in [1.54, 1.807) is 13.0 Å². The molecule has 0 radical (unpaired) electrons. The van der Waals surface area contributed by atoms with Gasteiger partial charge in [0.05, 0.1) is 24.7 Å². The normalized spacial score (nSPS) is 10.9. The Hall–Kier alpha value is -2.27. The zero-order chi connectivity index (χ0) is 16.0. The number of nitrogens with zero attached hydrogens (tertiary/aromatic N) is 1. The predicted molar refractivity (Wildman–Crippen MR) is 66.1 cm³/mol. The van der Waals surface area contributed by atoms with E-state index >= 15 is 0 Å². The number of alkyl halides is 3. The fourth-order valence-corrected chi connectivity index (χ4v) is 1.74. The second-order valence-corrected chi connectivity index (χ2v) is 3.96. The number of halogens is 3. The zero-order valence-electron chi connectivity index (χ0n) is 11.2. The van der Waals surface area contributed by atoms with Gasteiger partial charge in [0.1, 0.15) is 5.75 Å². The van der Waals surface area contributed by atoms with Crippen LogP contribution < -0.4 is 10.5 Å². The first-order valence-electron chi connectivity index (χ1n) is 5.98. The molecule has 0 aliphatic rings. The first kappa shape index (κ1) is 16.8. The molecule has 0 bridgehead atoms. The molecule has 21 heavy (non-hydrogen) atoms. The van der Waals surface area contributed by atoms with Gasteiger partial charge in [0.2, 0.25) is 0 Å². The average molecular weight is 302 g/mol. The van der Waals surface area contributed by atoms with Gasteiger partial charge in [-0.15, -0.1) is 13.2 Å². The summed E-state index contributed by atoms with van der Waals surface area (Å²) in [6, 6.07) is 3.94. The van der Waals surface area contributed by atoms with Crippen LogP contribution in [0.4, 0.5) is 13.2 Å². The Morgan fingerprint density at radius 3 is 2.57 bits per heavy atom. The van der Waals surface area contributed by atoms with E-state index in [-0.39, 0.29) is 36.3 Å². The van der Waals surface area contributed by atoms with Crippen molar-refractivity contribution in [2.75, 3.05) is 6.61 Å². The number of benzene rings is 1. The summed E-state index contributed by atoms with van der Waals surface area (Å²) in [5.41, 5.74) is 5.55. The van der Waals surface area contributed by atoms with Crippen molar-refractivity contribution in [1.82, 2.24) is 0 Å². The van der Waals surface area contributed by atoms with Crippen molar-refractivity contribution in [2.24, 2.45) is 5.73 Å². The van der Waals surface area contributed by atoms with E-state index in [0.29, 0.717) is 0 Å². The minimum Gasteiger partial charge on any atom is -0.466 e. The molecule has 0 saturated heterocycles. The monoisotopic (exact) mass is 302 g/mol. The highest BCUT2D eigenvalue weighted by atomic mass is 19.4. The van der Waals surface area contributed by atoms with Crippen LogP contribution in [0.2, 0.25) is 0 Å². The molecular weight excluding hydrogens is 289 g/mol. The van der Waals surface area contributed by atoms with E-state index in [1.807, 2.05) is 0 Å². The number of hydrogen-bond acceptors (Lipinski definition) is 5. The lowest BCUT2D eigenvalue weighted by atomic mass is 10.0. The van der Waals surface area contributed by atoms with Gasteiger partial charge in [-0.05, 0) is 24.6 Å². The topological polar surface area (TPSA) is 85.3 Å². The van der Waals surface area contributed by atoms with Crippen LogP contribution >= 0.6 is 0 Å².